The number of aryl methyl sites for hydroxylation is 1. The molecular weight excluding hydrogens is 205 g/mol. The standard InChI is InChI=1S/C12H14FN3/c1-9-8-10(6-7-14)15-16(9)12-5-3-2-4-11(12)13/h2-5,8H,6-7,14H2,1H3. The molecule has 0 unspecified atom stereocenters. The van der Waals surface area contributed by atoms with Gasteiger partial charge in [0.1, 0.15) is 11.5 Å². The third kappa shape index (κ3) is 1.97. The molecule has 2 rings (SSSR count). The lowest BCUT2D eigenvalue weighted by atomic mass is 10.3. The monoisotopic (exact) mass is 219 g/mol. The SMILES string of the molecule is Cc1cc(CCN)nn1-c1ccccc1F. The Labute approximate surface area is 93.7 Å². The Morgan fingerprint density at radius 1 is 1.38 bits per heavy atom. The maximum Gasteiger partial charge on any atom is 0.148 e. The van der Waals surface area contributed by atoms with Gasteiger partial charge in [0.25, 0.3) is 0 Å². The number of aromatic nitrogens is 2. The summed E-state index contributed by atoms with van der Waals surface area (Å²) in [6, 6.07) is 8.53. The minimum atomic E-state index is -0.270. The Balaban J connectivity index is 2.44. The summed E-state index contributed by atoms with van der Waals surface area (Å²) in [4.78, 5) is 0. The molecule has 0 spiro atoms. The van der Waals surface area contributed by atoms with Crippen LogP contribution in [0.3, 0.4) is 0 Å². The molecule has 0 aliphatic carbocycles. The summed E-state index contributed by atoms with van der Waals surface area (Å²) < 4.78 is 15.2. The van der Waals surface area contributed by atoms with Gasteiger partial charge in [0.2, 0.25) is 0 Å². The lowest BCUT2D eigenvalue weighted by molar-refractivity contribution is 0.607. The summed E-state index contributed by atoms with van der Waals surface area (Å²) in [5.74, 6) is -0.270. The molecule has 4 heteroatoms. The van der Waals surface area contributed by atoms with E-state index in [9.17, 15) is 4.39 Å². The number of hydrogen-bond acceptors (Lipinski definition) is 2. The maximum absolute atomic E-state index is 13.6. The topological polar surface area (TPSA) is 43.8 Å². The highest BCUT2D eigenvalue weighted by molar-refractivity contribution is 5.34. The molecule has 0 fully saturated rings. The van der Waals surface area contributed by atoms with E-state index in [1.807, 2.05) is 13.0 Å². The highest BCUT2D eigenvalue weighted by Gasteiger charge is 2.08. The molecule has 0 bridgehead atoms. The Morgan fingerprint density at radius 3 is 2.81 bits per heavy atom. The second-order valence-electron chi connectivity index (χ2n) is 3.68. The van der Waals surface area contributed by atoms with E-state index >= 15 is 0 Å². The molecule has 1 heterocycles. The van der Waals surface area contributed by atoms with Crippen LogP contribution in [0.15, 0.2) is 30.3 Å². The number of nitrogens with two attached hydrogens (primary N) is 1. The molecule has 84 valence electrons. The molecular formula is C12H14FN3. The number of benzene rings is 1. The van der Waals surface area contributed by atoms with Crippen molar-refractivity contribution in [1.82, 2.24) is 9.78 Å². The van der Waals surface area contributed by atoms with Crippen LogP contribution in [-0.4, -0.2) is 16.3 Å². The van der Waals surface area contributed by atoms with Gasteiger partial charge >= 0.3 is 0 Å². The molecule has 0 saturated heterocycles. The van der Waals surface area contributed by atoms with Gasteiger partial charge in [-0.05, 0) is 31.7 Å². The predicted octanol–water partition coefficient (Wildman–Crippen LogP) is 1.82. The van der Waals surface area contributed by atoms with E-state index in [2.05, 4.69) is 5.10 Å². The van der Waals surface area contributed by atoms with Gasteiger partial charge in [-0.1, -0.05) is 12.1 Å². The molecule has 0 aliphatic rings. The van der Waals surface area contributed by atoms with E-state index in [4.69, 9.17) is 5.73 Å². The summed E-state index contributed by atoms with van der Waals surface area (Å²) >= 11 is 0. The van der Waals surface area contributed by atoms with E-state index < -0.39 is 0 Å². The lowest BCUT2D eigenvalue weighted by Crippen LogP contribution is -2.05. The van der Waals surface area contributed by atoms with E-state index in [0.717, 1.165) is 11.4 Å². The second kappa shape index (κ2) is 4.45. The van der Waals surface area contributed by atoms with Gasteiger partial charge in [-0.15, -0.1) is 0 Å². The molecule has 0 amide bonds. The van der Waals surface area contributed by atoms with Crippen LogP contribution in [0.4, 0.5) is 4.39 Å². The Kier molecular flexibility index (Phi) is 3.01. The van der Waals surface area contributed by atoms with Crippen LogP contribution in [0.5, 0.6) is 0 Å². The molecule has 1 aromatic heterocycles. The van der Waals surface area contributed by atoms with Crippen LogP contribution < -0.4 is 5.73 Å². The van der Waals surface area contributed by atoms with Crippen LogP contribution in [0.2, 0.25) is 0 Å². The lowest BCUT2D eigenvalue weighted by Gasteiger charge is -2.04. The Bertz CT molecular complexity index is 491. The Hall–Kier alpha value is -1.68. The molecule has 1 aromatic carbocycles. The minimum absolute atomic E-state index is 0.270. The van der Waals surface area contributed by atoms with Gasteiger partial charge in [0.05, 0.1) is 5.69 Å². The third-order valence-corrected chi connectivity index (χ3v) is 2.42. The van der Waals surface area contributed by atoms with Crippen LogP contribution in [0, 0.1) is 12.7 Å². The second-order valence-corrected chi connectivity index (χ2v) is 3.68. The van der Waals surface area contributed by atoms with Crippen LogP contribution in [0.25, 0.3) is 5.69 Å². The van der Waals surface area contributed by atoms with Crippen LogP contribution in [-0.2, 0) is 6.42 Å². The van der Waals surface area contributed by atoms with Crippen molar-refractivity contribution in [2.75, 3.05) is 6.54 Å². The summed E-state index contributed by atoms with van der Waals surface area (Å²) in [7, 11) is 0. The number of nitrogens with zero attached hydrogens (tertiary/aromatic N) is 2. The number of halogens is 1. The highest BCUT2D eigenvalue weighted by Crippen LogP contribution is 2.15. The predicted molar refractivity (Wildman–Crippen MR) is 61.0 cm³/mol. The fraction of sp³-hybridized carbons (Fsp3) is 0.250. The molecule has 2 aromatic rings. The number of para-hydroxylation sites is 1. The zero-order valence-corrected chi connectivity index (χ0v) is 9.15. The smallest absolute Gasteiger partial charge is 0.148 e. The summed E-state index contributed by atoms with van der Waals surface area (Å²) in [5.41, 5.74) is 7.74. The zero-order chi connectivity index (χ0) is 11.5. The molecule has 3 nitrogen and oxygen atoms in total. The minimum Gasteiger partial charge on any atom is -0.330 e. The van der Waals surface area contributed by atoms with Crippen LogP contribution >= 0.6 is 0 Å². The summed E-state index contributed by atoms with van der Waals surface area (Å²) in [5, 5.41) is 4.33. The first kappa shape index (κ1) is 10.8. The molecule has 2 N–H and O–H groups in total. The van der Waals surface area contributed by atoms with E-state index in [0.29, 0.717) is 18.7 Å². The maximum atomic E-state index is 13.6. The third-order valence-electron chi connectivity index (χ3n) is 2.42. The van der Waals surface area contributed by atoms with Crippen molar-refractivity contribution >= 4 is 0 Å². The van der Waals surface area contributed by atoms with Gasteiger partial charge in [0.15, 0.2) is 0 Å². The normalized spacial score (nSPS) is 10.7. The zero-order valence-electron chi connectivity index (χ0n) is 9.15. The number of hydrogen-bond donors (Lipinski definition) is 1. The first-order valence-corrected chi connectivity index (χ1v) is 5.23. The van der Waals surface area contributed by atoms with Gasteiger partial charge in [-0.25, -0.2) is 9.07 Å². The van der Waals surface area contributed by atoms with Gasteiger partial charge in [-0.2, -0.15) is 5.10 Å². The Morgan fingerprint density at radius 2 is 2.12 bits per heavy atom. The fourth-order valence-electron chi connectivity index (χ4n) is 1.68. The number of rotatable bonds is 3. The molecule has 16 heavy (non-hydrogen) atoms. The highest BCUT2D eigenvalue weighted by atomic mass is 19.1. The van der Waals surface area contributed by atoms with Crippen molar-refractivity contribution in [2.24, 2.45) is 5.73 Å². The largest absolute Gasteiger partial charge is 0.330 e. The molecule has 0 aliphatic heterocycles. The average molecular weight is 219 g/mol. The van der Waals surface area contributed by atoms with Gasteiger partial charge in [-0.3, -0.25) is 0 Å². The first-order chi connectivity index (χ1) is 7.72. The quantitative estimate of drug-likeness (QED) is 0.855. The van der Waals surface area contributed by atoms with Crippen molar-refractivity contribution in [3.05, 3.63) is 47.5 Å². The van der Waals surface area contributed by atoms with Gasteiger partial charge < -0.3 is 5.73 Å². The van der Waals surface area contributed by atoms with Crippen molar-refractivity contribution in [2.45, 2.75) is 13.3 Å². The van der Waals surface area contributed by atoms with Crippen molar-refractivity contribution in [3.8, 4) is 5.69 Å². The van der Waals surface area contributed by atoms with Crippen molar-refractivity contribution in [1.29, 1.82) is 0 Å². The van der Waals surface area contributed by atoms with E-state index in [1.54, 1.807) is 22.9 Å². The van der Waals surface area contributed by atoms with Crippen molar-refractivity contribution in [3.63, 3.8) is 0 Å². The molecule has 0 saturated carbocycles. The average Bonchev–Trinajstić information content (AvgIpc) is 2.61. The van der Waals surface area contributed by atoms with Crippen LogP contribution in [0.1, 0.15) is 11.4 Å². The van der Waals surface area contributed by atoms with Crippen molar-refractivity contribution < 1.29 is 4.39 Å². The fourth-order valence-corrected chi connectivity index (χ4v) is 1.68. The van der Waals surface area contributed by atoms with E-state index in [1.165, 1.54) is 6.07 Å². The first-order valence-electron chi connectivity index (χ1n) is 5.23. The van der Waals surface area contributed by atoms with E-state index in [-0.39, 0.29) is 5.82 Å². The van der Waals surface area contributed by atoms with Gasteiger partial charge in [0, 0.05) is 12.1 Å². The summed E-state index contributed by atoms with van der Waals surface area (Å²) in [6.07, 6.45) is 0.711. The summed E-state index contributed by atoms with van der Waals surface area (Å²) in [6.45, 7) is 2.45. The molecule has 0 atom stereocenters. The molecule has 0 radical (unpaired) electrons.